The first-order chi connectivity index (χ1) is 8.56. The molecule has 18 heavy (non-hydrogen) atoms. The molecule has 0 aliphatic heterocycles. The maximum absolute atomic E-state index is 6.12. The summed E-state index contributed by atoms with van der Waals surface area (Å²) < 4.78 is 6.67. The number of aromatic nitrogens is 1. The van der Waals surface area contributed by atoms with Crippen LogP contribution in [0.2, 0.25) is 0 Å². The van der Waals surface area contributed by atoms with Crippen molar-refractivity contribution in [1.82, 2.24) is 4.98 Å². The van der Waals surface area contributed by atoms with E-state index in [2.05, 4.69) is 4.98 Å². The highest BCUT2D eigenvalue weighted by Crippen LogP contribution is 2.38. The third-order valence-corrected chi connectivity index (χ3v) is 4.32. The molecule has 1 aromatic carbocycles. The van der Waals surface area contributed by atoms with Crippen molar-refractivity contribution in [2.24, 2.45) is 0 Å². The van der Waals surface area contributed by atoms with Gasteiger partial charge in [-0.15, -0.1) is 11.3 Å². The number of benzene rings is 1. The van der Waals surface area contributed by atoms with Gasteiger partial charge in [0.25, 0.3) is 0 Å². The molecule has 0 bridgehead atoms. The molecule has 1 aromatic heterocycles. The van der Waals surface area contributed by atoms with E-state index >= 15 is 0 Å². The van der Waals surface area contributed by atoms with Crippen molar-refractivity contribution in [3.05, 3.63) is 29.3 Å². The number of thiazole rings is 1. The van der Waals surface area contributed by atoms with Crippen molar-refractivity contribution >= 4 is 28.8 Å². The van der Waals surface area contributed by atoms with Gasteiger partial charge in [-0.3, -0.25) is 0 Å². The maximum atomic E-state index is 6.12. The highest BCUT2D eigenvalue weighted by Gasteiger charge is 2.10. The van der Waals surface area contributed by atoms with Gasteiger partial charge in [0.2, 0.25) is 0 Å². The average molecular weight is 280 g/mol. The molecule has 2 N–H and O–H groups in total. The van der Waals surface area contributed by atoms with Gasteiger partial charge in [-0.1, -0.05) is 17.8 Å². The number of nitrogens with zero attached hydrogens (tertiary/aromatic N) is 1. The fourth-order valence-electron chi connectivity index (χ4n) is 1.44. The quantitative estimate of drug-likeness (QED) is 0.861. The van der Waals surface area contributed by atoms with E-state index in [4.69, 9.17) is 10.5 Å². The molecule has 0 aliphatic carbocycles. The summed E-state index contributed by atoms with van der Waals surface area (Å²) in [7, 11) is 0. The van der Waals surface area contributed by atoms with Crippen molar-refractivity contribution in [2.45, 2.75) is 36.1 Å². The lowest BCUT2D eigenvalue weighted by molar-refractivity contribution is 0.243. The van der Waals surface area contributed by atoms with Crippen molar-refractivity contribution < 1.29 is 4.74 Å². The fourth-order valence-corrected chi connectivity index (χ4v) is 3.30. The lowest BCUT2D eigenvalue weighted by Gasteiger charge is -2.13. The molecule has 0 saturated carbocycles. The molecule has 3 nitrogen and oxygen atoms in total. The standard InChI is InChI=1S/C13H16N2OS2/c1-8(2)16-10-5-4-6-11(12(10)14)18-13-15-9(3)7-17-13/h4-8H,14H2,1-3H3. The van der Waals surface area contributed by atoms with Crippen LogP contribution in [0.25, 0.3) is 0 Å². The summed E-state index contributed by atoms with van der Waals surface area (Å²) in [5.74, 6) is 0.739. The summed E-state index contributed by atoms with van der Waals surface area (Å²) in [6.07, 6.45) is 0.120. The lowest BCUT2D eigenvalue weighted by atomic mass is 10.3. The van der Waals surface area contributed by atoms with Crippen molar-refractivity contribution in [1.29, 1.82) is 0 Å². The second-order valence-electron chi connectivity index (χ2n) is 4.19. The predicted molar refractivity (Wildman–Crippen MR) is 77.6 cm³/mol. The third kappa shape index (κ3) is 3.17. The largest absolute Gasteiger partial charge is 0.489 e. The van der Waals surface area contributed by atoms with Crippen LogP contribution in [0.3, 0.4) is 0 Å². The summed E-state index contributed by atoms with van der Waals surface area (Å²) >= 11 is 3.21. The number of anilines is 1. The van der Waals surface area contributed by atoms with Gasteiger partial charge < -0.3 is 10.5 Å². The van der Waals surface area contributed by atoms with Gasteiger partial charge in [-0.2, -0.15) is 0 Å². The maximum Gasteiger partial charge on any atom is 0.154 e. The van der Waals surface area contributed by atoms with Gasteiger partial charge in [0, 0.05) is 16.0 Å². The Labute approximate surface area is 115 Å². The molecule has 0 spiro atoms. The van der Waals surface area contributed by atoms with Gasteiger partial charge in [0.15, 0.2) is 4.34 Å². The minimum absolute atomic E-state index is 0.120. The monoisotopic (exact) mass is 280 g/mol. The molecular formula is C13H16N2OS2. The fraction of sp³-hybridized carbons (Fsp3) is 0.308. The summed E-state index contributed by atoms with van der Waals surface area (Å²) in [6, 6.07) is 5.84. The second-order valence-corrected chi connectivity index (χ2v) is 6.34. The van der Waals surface area contributed by atoms with Crippen LogP contribution in [0.4, 0.5) is 5.69 Å². The number of para-hydroxylation sites is 1. The molecule has 0 atom stereocenters. The molecule has 0 fully saturated rings. The highest BCUT2D eigenvalue weighted by molar-refractivity contribution is 8.01. The van der Waals surface area contributed by atoms with Crippen LogP contribution in [-0.4, -0.2) is 11.1 Å². The first-order valence-corrected chi connectivity index (χ1v) is 7.41. The molecule has 0 unspecified atom stereocenters. The predicted octanol–water partition coefficient (Wildman–Crippen LogP) is 3.97. The Balaban J connectivity index is 2.23. The Hall–Kier alpha value is -1.20. The third-order valence-electron chi connectivity index (χ3n) is 2.18. The Morgan fingerprint density at radius 2 is 2.17 bits per heavy atom. The number of hydrogen-bond donors (Lipinski definition) is 1. The number of hydrogen-bond acceptors (Lipinski definition) is 5. The van der Waals surface area contributed by atoms with Gasteiger partial charge in [0.05, 0.1) is 11.8 Å². The van der Waals surface area contributed by atoms with Gasteiger partial charge in [0.1, 0.15) is 5.75 Å². The molecule has 2 aromatic rings. The van der Waals surface area contributed by atoms with Gasteiger partial charge in [-0.05, 0) is 32.9 Å². The Kier molecular flexibility index (Phi) is 4.14. The van der Waals surface area contributed by atoms with Gasteiger partial charge in [-0.25, -0.2) is 4.98 Å². The van der Waals surface area contributed by atoms with E-state index in [-0.39, 0.29) is 6.10 Å². The van der Waals surface area contributed by atoms with E-state index in [1.165, 1.54) is 0 Å². The number of nitrogen functional groups attached to an aromatic ring is 1. The van der Waals surface area contributed by atoms with E-state index < -0.39 is 0 Å². The molecule has 2 rings (SSSR count). The van der Waals surface area contributed by atoms with Crippen LogP contribution in [0, 0.1) is 6.92 Å². The number of ether oxygens (including phenoxy) is 1. The minimum atomic E-state index is 0.120. The number of nitrogens with two attached hydrogens (primary N) is 1. The van der Waals surface area contributed by atoms with E-state index in [1.807, 2.05) is 44.4 Å². The van der Waals surface area contributed by atoms with Crippen LogP contribution in [0.1, 0.15) is 19.5 Å². The molecule has 96 valence electrons. The zero-order chi connectivity index (χ0) is 13.1. The number of aryl methyl sites for hydroxylation is 1. The topological polar surface area (TPSA) is 48.1 Å². The van der Waals surface area contributed by atoms with E-state index in [1.54, 1.807) is 23.1 Å². The zero-order valence-corrected chi connectivity index (χ0v) is 12.3. The van der Waals surface area contributed by atoms with E-state index in [9.17, 15) is 0 Å². The summed E-state index contributed by atoms with van der Waals surface area (Å²) in [5.41, 5.74) is 7.84. The second kappa shape index (κ2) is 5.63. The summed E-state index contributed by atoms with van der Waals surface area (Å²) in [6.45, 7) is 5.97. The van der Waals surface area contributed by atoms with E-state index in [0.29, 0.717) is 5.69 Å². The van der Waals surface area contributed by atoms with Crippen LogP contribution in [-0.2, 0) is 0 Å². The molecule has 5 heteroatoms. The summed E-state index contributed by atoms with van der Waals surface area (Å²) in [5, 5.41) is 2.03. The molecular weight excluding hydrogens is 264 g/mol. The van der Waals surface area contributed by atoms with Crippen LogP contribution in [0.15, 0.2) is 32.8 Å². The first kappa shape index (κ1) is 13.2. The molecule has 0 saturated heterocycles. The molecule has 0 amide bonds. The van der Waals surface area contributed by atoms with Gasteiger partial charge >= 0.3 is 0 Å². The number of rotatable bonds is 4. The van der Waals surface area contributed by atoms with Crippen LogP contribution >= 0.6 is 23.1 Å². The van der Waals surface area contributed by atoms with Crippen LogP contribution in [0.5, 0.6) is 5.75 Å². The minimum Gasteiger partial charge on any atom is -0.489 e. The Morgan fingerprint density at radius 1 is 1.39 bits per heavy atom. The SMILES string of the molecule is Cc1csc(Sc2cccc(OC(C)C)c2N)n1. The zero-order valence-electron chi connectivity index (χ0n) is 10.6. The smallest absolute Gasteiger partial charge is 0.154 e. The Morgan fingerprint density at radius 3 is 2.78 bits per heavy atom. The normalized spacial score (nSPS) is 10.9. The van der Waals surface area contributed by atoms with Crippen LogP contribution < -0.4 is 10.5 Å². The molecule has 1 heterocycles. The van der Waals surface area contributed by atoms with Crippen molar-refractivity contribution in [3.8, 4) is 5.75 Å². The molecule has 0 aliphatic rings. The highest BCUT2D eigenvalue weighted by atomic mass is 32.2. The molecule has 0 radical (unpaired) electrons. The van der Waals surface area contributed by atoms with Crippen molar-refractivity contribution in [2.75, 3.05) is 5.73 Å². The first-order valence-electron chi connectivity index (χ1n) is 5.71. The van der Waals surface area contributed by atoms with E-state index in [0.717, 1.165) is 20.7 Å². The van der Waals surface area contributed by atoms with Crippen molar-refractivity contribution in [3.63, 3.8) is 0 Å². The Bertz CT molecular complexity index is 538. The average Bonchev–Trinajstić information content (AvgIpc) is 2.69. The summed E-state index contributed by atoms with van der Waals surface area (Å²) in [4.78, 5) is 5.41. The lowest BCUT2D eigenvalue weighted by Crippen LogP contribution is -2.07.